The molecule has 0 radical (unpaired) electrons. The van der Waals surface area contributed by atoms with E-state index in [-0.39, 0.29) is 10.7 Å². The normalized spacial score (nSPS) is 14.1. The molecule has 14 heavy (non-hydrogen) atoms. The molecule has 1 rings (SSSR count). The molecule has 0 amide bonds. The van der Waals surface area contributed by atoms with Crippen LogP contribution < -0.4 is 5.73 Å². The Bertz CT molecular complexity index is 338. The predicted octanol–water partition coefficient (Wildman–Crippen LogP) is 2.95. The summed E-state index contributed by atoms with van der Waals surface area (Å²) in [6, 6.07) is 0.742. The maximum Gasteiger partial charge on any atom is 0.417 e. The maximum atomic E-state index is 12.1. The molecule has 0 bridgehead atoms. The molecule has 0 spiro atoms. The van der Waals surface area contributed by atoms with Crippen molar-refractivity contribution in [1.29, 1.82) is 0 Å². The summed E-state index contributed by atoms with van der Waals surface area (Å²) < 4.78 is 36.4. The van der Waals surface area contributed by atoms with Crippen LogP contribution in [-0.4, -0.2) is 4.98 Å². The third-order valence-corrected chi connectivity index (χ3v) is 1.97. The summed E-state index contributed by atoms with van der Waals surface area (Å²) in [5.74, 6) is 0. The Morgan fingerprint density at radius 2 is 2.00 bits per heavy atom. The molecule has 0 aliphatic rings. The molecule has 7 heteroatoms. The van der Waals surface area contributed by atoms with Crippen LogP contribution in [0.15, 0.2) is 12.3 Å². The highest BCUT2D eigenvalue weighted by molar-refractivity contribution is 6.32. The zero-order valence-corrected chi connectivity index (χ0v) is 8.16. The summed E-state index contributed by atoms with van der Waals surface area (Å²) in [4.78, 5) is 3.44. The summed E-state index contributed by atoms with van der Waals surface area (Å²) in [6.07, 6.45) is -3.82. The van der Waals surface area contributed by atoms with Crippen LogP contribution in [0, 0.1) is 0 Å². The molecule has 2 nitrogen and oxygen atoms in total. The van der Waals surface area contributed by atoms with Crippen molar-refractivity contribution in [1.82, 2.24) is 4.98 Å². The Balaban J connectivity index is 3.13. The molecule has 0 fully saturated rings. The maximum absolute atomic E-state index is 12.1. The number of halogens is 5. The molecule has 1 unspecified atom stereocenters. The monoisotopic (exact) mass is 244 g/mol. The molecule has 1 heterocycles. The molecule has 1 atom stereocenters. The fraction of sp³-hybridized carbons (Fsp3) is 0.286. The first-order valence-electron chi connectivity index (χ1n) is 3.44. The summed E-state index contributed by atoms with van der Waals surface area (Å²) in [6.45, 7) is 0. The van der Waals surface area contributed by atoms with Gasteiger partial charge < -0.3 is 5.73 Å². The lowest BCUT2D eigenvalue weighted by Crippen LogP contribution is -2.10. The van der Waals surface area contributed by atoms with E-state index >= 15 is 0 Å². The van der Waals surface area contributed by atoms with E-state index in [9.17, 15) is 13.2 Å². The fourth-order valence-electron chi connectivity index (χ4n) is 0.806. The van der Waals surface area contributed by atoms with Crippen LogP contribution in [0.2, 0.25) is 5.02 Å². The quantitative estimate of drug-likeness (QED) is 0.610. The summed E-state index contributed by atoms with van der Waals surface area (Å²) >= 11 is 10.9. The van der Waals surface area contributed by atoms with Gasteiger partial charge in [-0.05, 0) is 6.07 Å². The van der Waals surface area contributed by atoms with Crippen molar-refractivity contribution in [2.75, 3.05) is 0 Å². The highest BCUT2D eigenvalue weighted by Crippen LogP contribution is 2.32. The van der Waals surface area contributed by atoms with Gasteiger partial charge in [-0.15, -0.1) is 0 Å². The first kappa shape index (κ1) is 11.6. The Labute approximate surface area is 87.8 Å². The van der Waals surface area contributed by atoms with Gasteiger partial charge in [-0.2, -0.15) is 13.2 Å². The van der Waals surface area contributed by atoms with E-state index in [1.165, 1.54) is 0 Å². The van der Waals surface area contributed by atoms with E-state index in [0.29, 0.717) is 6.20 Å². The van der Waals surface area contributed by atoms with Gasteiger partial charge in [-0.1, -0.05) is 23.2 Å². The third kappa shape index (κ3) is 2.50. The zero-order chi connectivity index (χ0) is 10.9. The van der Waals surface area contributed by atoms with Gasteiger partial charge in [0, 0.05) is 6.20 Å². The van der Waals surface area contributed by atoms with Crippen LogP contribution in [-0.2, 0) is 6.18 Å². The number of hydrogen-bond donors (Lipinski definition) is 1. The fourth-order valence-corrected chi connectivity index (χ4v) is 1.32. The summed E-state index contributed by atoms with van der Waals surface area (Å²) in [7, 11) is 0. The van der Waals surface area contributed by atoms with Gasteiger partial charge in [-0.25, -0.2) is 0 Å². The average molecular weight is 245 g/mol. The van der Waals surface area contributed by atoms with Gasteiger partial charge in [-0.3, -0.25) is 4.98 Å². The molecule has 1 aromatic heterocycles. The van der Waals surface area contributed by atoms with E-state index in [1.807, 2.05) is 0 Å². The standard InChI is InChI=1S/C7H5Cl2F3N2/c8-4-1-3(7(10,11)12)2-14-5(4)6(9)13/h1-2,6H,13H2. The first-order valence-corrected chi connectivity index (χ1v) is 4.26. The molecule has 0 aliphatic carbocycles. The van der Waals surface area contributed by atoms with Crippen molar-refractivity contribution in [2.45, 2.75) is 11.7 Å². The average Bonchev–Trinajstić information content (AvgIpc) is 2.01. The van der Waals surface area contributed by atoms with Crippen molar-refractivity contribution in [3.05, 3.63) is 28.5 Å². The molecular weight excluding hydrogens is 240 g/mol. The van der Waals surface area contributed by atoms with Gasteiger partial charge in [0.2, 0.25) is 0 Å². The Morgan fingerprint density at radius 3 is 2.36 bits per heavy atom. The van der Waals surface area contributed by atoms with Crippen LogP contribution >= 0.6 is 23.2 Å². The van der Waals surface area contributed by atoms with Gasteiger partial charge in [0.1, 0.15) is 5.50 Å². The zero-order valence-electron chi connectivity index (χ0n) is 6.65. The van der Waals surface area contributed by atoms with Crippen LogP contribution in [0.4, 0.5) is 13.2 Å². The first-order chi connectivity index (χ1) is 6.32. The lowest BCUT2D eigenvalue weighted by Gasteiger charge is -2.09. The SMILES string of the molecule is NC(Cl)c1ncc(C(F)(F)F)cc1Cl. The highest BCUT2D eigenvalue weighted by Gasteiger charge is 2.31. The number of pyridine rings is 1. The van der Waals surface area contributed by atoms with E-state index < -0.39 is 17.2 Å². The lowest BCUT2D eigenvalue weighted by atomic mass is 10.2. The van der Waals surface area contributed by atoms with Gasteiger partial charge in [0.15, 0.2) is 0 Å². The number of aromatic nitrogens is 1. The largest absolute Gasteiger partial charge is 0.417 e. The Morgan fingerprint density at radius 1 is 1.43 bits per heavy atom. The van der Waals surface area contributed by atoms with E-state index in [4.69, 9.17) is 28.9 Å². The van der Waals surface area contributed by atoms with Crippen LogP contribution in [0.5, 0.6) is 0 Å². The van der Waals surface area contributed by atoms with Crippen molar-refractivity contribution < 1.29 is 13.2 Å². The van der Waals surface area contributed by atoms with E-state index in [2.05, 4.69) is 4.98 Å². The smallest absolute Gasteiger partial charge is 0.310 e. The lowest BCUT2D eigenvalue weighted by molar-refractivity contribution is -0.137. The second kappa shape index (κ2) is 3.92. The third-order valence-electron chi connectivity index (χ3n) is 1.46. The number of nitrogens with zero attached hydrogens (tertiary/aromatic N) is 1. The van der Waals surface area contributed by atoms with Crippen LogP contribution in [0.25, 0.3) is 0 Å². The number of hydrogen-bond acceptors (Lipinski definition) is 2. The highest BCUT2D eigenvalue weighted by atomic mass is 35.5. The molecule has 0 saturated heterocycles. The molecule has 78 valence electrons. The molecule has 0 aromatic carbocycles. The minimum atomic E-state index is -4.47. The van der Waals surface area contributed by atoms with Gasteiger partial charge >= 0.3 is 6.18 Å². The van der Waals surface area contributed by atoms with Crippen molar-refractivity contribution >= 4 is 23.2 Å². The summed E-state index contributed by atoms with van der Waals surface area (Å²) in [5.41, 5.74) is 3.30. The molecule has 0 saturated carbocycles. The van der Waals surface area contributed by atoms with Crippen molar-refractivity contribution in [2.24, 2.45) is 5.73 Å². The summed E-state index contributed by atoms with van der Waals surface area (Å²) in [5, 5.41) is -0.192. The molecular formula is C7H5Cl2F3N2. The molecule has 2 N–H and O–H groups in total. The van der Waals surface area contributed by atoms with Gasteiger partial charge in [0.05, 0.1) is 16.3 Å². The Hall–Kier alpha value is -0.520. The van der Waals surface area contributed by atoms with Crippen LogP contribution in [0.1, 0.15) is 16.8 Å². The van der Waals surface area contributed by atoms with Crippen molar-refractivity contribution in [3.8, 4) is 0 Å². The minimum Gasteiger partial charge on any atom is -0.310 e. The van der Waals surface area contributed by atoms with Gasteiger partial charge in [0.25, 0.3) is 0 Å². The van der Waals surface area contributed by atoms with E-state index in [0.717, 1.165) is 6.07 Å². The number of rotatable bonds is 1. The van der Waals surface area contributed by atoms with Crippen LogP contribution in [0.3, 0.4) is 0 Å². The number of nitrogens with two attached hydrogens (primary N) is 1. The van der Waals surface area contributed by atoms with Crippen molar-refractivity contribution in [3.63, 3.8) is 0 Å². The minimum absolute atomic E-state index is 0.0290. The number of alkyl halides is 4. The predicted molar refractivity (Wildman–Crippen MR) is 47.0 cm³/mol. The second-order valence-electron chi connectivity index (χ2n) is 2.49. The molecule has 0 aliphatic heterocycles. The second-order valence-corrected chi connectivity index (χ2v) is 3.37. The topological polar surface area (TPSA) is 38.9 Å². The molecule has 1 aromatic rings. The van der Waals surface area contributed by atoms with E-state index in [1.54, 1.807) is 0 Å². The Kier molecular flexibility index (Phi) is 3.24.